The Morgan fingerprint density at radius 1 is 1.23 bits per heavy atom. The number of nitrogens with zero attached hydrogens (tertiary/aromatic N) is 1. The molecule has 0 aromatic carbocycles. The molecule has 13 heteroatoms. The van der Waals surface area contributed by atoms with E-state index in [4.69, 9.17) is 16.3 Å². The van der Waals surface area contributed by atoms with Gasteiger partial charge in [-0.15, -0.1) is 22.7 Å². The van der Waals surface area contributed by atoms with Crippen LogP contribution in [-0.2, 0) is 32.4 Å². The second kappa shape index (κ2) is 10.6. The Labute approximate surface area is 216 Å². The molecule has 0 radical (unpaired) electrons. The van der Waals surface area contributed by atoms with Gasteiger partial charge in [-0.1, -0.05) is 18.5 Å². The van der Waals surface area contributed by atoms with Gasteiger partial charge < -0.3 is 10.1 Å². The first-order valence-electron chi connectivity index (χ1n) is 11.3. The van der Waals surface area contributed by atoms with Gasteiger partial charge in [0.2, 0.25) is 5.91 Å². The van der Waals surface area contributed by atoms with Crippen molar-refractivity contribution >= 4 is 67.2 Å². The maximum absolute atomic E-state index is 13.3. The zero-order valence-electron chi connectivity index (χ0n) is 19.3. The van der Waals surface area contributed by atoms with Crippen LogP contribution >= 0.6 is 34.3 Å². The van der Waals surface area contributed by atoms with E-state index in [1.165, 1.54) is 27.8 Å². The van der Waals surface area contributed by atoms with Crippen molar-refractivity contribution in [3.63, 3.8) is 0 Å². The second-order valence-electron chi connectivity index (χ2n) is 8.55. The predicted octanol–water partition coefficient (Wildman–Crippen LogP) is 4.27. The molecule has 0 saturated carbocycles. The van der Waals surface area contributed by atoms with Crippen LogP contribution in [-0.4, -0.2) is 49.8 Å². The fraction of sp³-hybridized carbons (Fsp3) is 0.500. The Morgan fingerprint density at radius 2 is 2.00 bits per heavy atom. The molecule has 9 nitrogen and oxygen atoms in total. The maximum atomic E-state index is 13.3. The van der Waals surface area contributed by atoms with Crippen molar-refractivity contribution in [2.45, 2.75) is 56.2 Å². The van der Waals surface area contributed by atoms with Crippen molar-refractivity contribution < 1.29 is 27.5 Å². The molecule has 2 N–H and O–H groups in total. The summed E-state index contributed by atoms with van der Waals surface area (Å²) in [5.74, 6) is -0.723. The van der Waals surface area contributed by atoms with Gasteiger partial charge in [-0.25, -0.2) is 13.2 Å². The minimum Gasteiger partial charge on any atom is -0.450 e. The van der Waals surface area contributed by atoms with Gasteiger partial charge in [0, 0.05) is 11.4 Å². The van der Waals surface area contributed by atoms with E-state index in [0.29, 0.717) is 34.5 Å². The minimum absolute atomic E-state index is 0.0808. The first-order valence-corrected chi connectivity index (χ1v) is 14.8. The monoisotopic (exact) mass is 559 g/mol. The molecule has 0 spiro atoms. The van der Waals surface area contributed by atoms with Crippen LogP contribution in [0.4, 0.5) is 9.80 Å². The van der Waals surface area contributed by atoms with Gasteiger partial charge in [-0.3, -0.25) is 14.9 Å². The van der Waals surface area contributed by atoms with Gasteiger partial charge in [0.1, 0.15) is 15.3 Å². The smallest absolute Gasteiger partial charge is 0.414 e. The molecule has 4 rings (SSSR count). The van der Waals surface area contributed by atoms with Crippen LogP contribution in [0.25, 0.3) is 0 Å². The summed E-state index contributed by atoms with van der Waals surface area (Å²) in [6.45, 7) is 4.08. The molecule has 2 aromatic heterocycles. The quantitative estimate of drug-likeness (QED) is 0.545. The molecule has 3 heterocycles. The van der Waals surface area contributed by atoms with E-state index in [0.717, 1.165) is 34.6 Å². The van der Waals surface area contributed by atoms with Gasteiger partial charge in [-0.2, -0.15) is 4.31 Å². The van der Waals surface area contributed by atoms with Gasteiger partial charge in [0.25, 0.3) is 15.9 Å². The molecule has 2 unspecified atom stereocenters. The third-order valence-corrected chi connectivity index (χ3v) is 10.9. The van der Waals surface area contributed by atoms with Crippen LogP contribution in [0.1, 0.15) is 53.9 Å². The number of thiophene rings is 2. The van der Waals surface area contributed by atoms with Crippen molar-refractivity contribution in [3.8, 4) is 0 Å². The lowest BCUT2D eigenvalue weighted by Crippen LogP contribution is -2.43. The number of ether oxygens (including phenoxy) is 1. The highest BCUT2D eigenvalue weighted by atomic mass is 35.5. The van der Waals surface area contributed by atoms with Gasteiger partial charge in [0.15, 0.2) is 0 Å². The number of amides is 3. The van der Waals surface area contributed by atoms with Crippen LogP contribution in [0, 0.1) is 5.92 Å². The molecule has 1 aliphatic heterocycles. The molecule has 1 aliphatic carbocycles. The fourth-order valence-electron chi connectivity index (χ4n) is 4.44. The number of carbonyl (C=O) groups is 3. The lowest BCUT2D eigenvalue weighted by Gasteiger charge is -2.22. The summed E-state index contributed by atoms with van der Waals surface area (Å²) in [5, 5.41) is 5.35. The molecule has 35 heavy (non-hydrogen) atoms. The highest BCUT2D eigenvalue weighted by Crippen LogP contribution is 2.40. The Kier molecular flexibility index (Phi) is 7.86. The zero-order valence-corrected chi connectivity index (χ0v) is 22.5. The topological polar surface area (TPSA) is 122 Å². The van der Waals surface area contributed by atoms with Gasteiger partial charge in [-0.05, 0) is 62.6 Å². The Bertz CT molecular complexity index is 1260. The second-order valence-corrected chi connectivity index (χ2v) is 13.5. The number of carbonyl (C=O) groups excluding carboxylic acids is 3. The molecule has 0 bridgehead atoms. The van der Waals surface area contributed by atoms with E-state index < -0.39 is 34.0 Å². The van der Waals surface area contributed by atoms with E-state index in [1.807, 2.05) is 0 Å². The zero-order chi connectivity index (χ0) is 25.3. The number of sulfonamides is 1. The molecule has 2 aliphatic rings. The standard InChI is InChI=1S/C22H26ClN3O6S3/c1-3-32-22(29)25-20(28)18-13-7-6-12(2)11-15(13)33-21(18)24-19(27)14-5-4-10-26(14)35(30,31)17-9-8-16(23)34-17/h8-9,12,14H,3-7,10-11H2,1-2H3,(H,24,27)(H,25,28,29). The normalized spacial score (nSPS) is 20.3. The summed E-state index contributed by atoms with van der Waals surface area (Å²) < 4.78 is 32.8. The average Bonchev–Trinajstić information content (AvgIpc) is 3.51. The van der Waals surface area contributed by atoms with Crippen molar-refractivity contribution in [2.24, 2.45) is 5.92 Å². The number of hydrogen-bond acceptors (Lipinski definition) is 8. The van der Waals surface area contributed by atoms with E-state index in [1.54, 1.807) is 6.92 Å². The van der Waals surface area contributed by atoms with Gasteiger partial charge in [0.05, 0.1) is 16.5 Å². The predicted molar refractivity (Wildman–Crippen MR) is 135 cm³/mol. The maximum Gasteiger partial charge on any atom is 0.414 e. The summed E-state index contributed by atoms with van der Waals surface area (Å²) in [7, 11) is -3.89. The number of halogens is 1. The van der Waals surface area contributed by atoms with Crippen LogP contribution < -0.4 is 10.6 Å². The number of alkyl carbamates (subject to hydrolysis) is 1. The molecule has 1 saturated heterocycles. The summed E-state index contributed by atoms with van der Waals surface area (Å²) >= 11 is 8.17. The molecule has 2 atom stereocenters. The molecule has 2 aromatic rings. The summed E-state index contributed by atoms with van der Waals surface area (Å²) in [6, 6.07) is 2.03. The summed E-state index contributed by atoms with van der Waals surface area (Å²) in [5.41, 5.74) is 1.06. The highest BCUT2D eigenvalue weighted by molar-refractivity contribution is 7.91. The average molecular weight is 560 g/mol. The summed E-state index contributed by atoms with van der Waals surface area (Å²) in [4.78, 5) is 39.2. The largest absolute Gasteiger partial charge is 0.450 e. The molecular weight excluding hydrogens is 534 g/mol. The Balaban J connectivity index is 1.61. The van der Waals surface area contributed by atoms with E-state index in [9.17, 15) is 22.8 Å². The van der Waals surface area contributed by atoms with Crippen molar-refractivity contribution in [1.82, 2.24) is 9.62 Å². The highest BCUT2D eigenvalue weighted by Gasteiger charge is 2.41. The van der Waals surface area contributed by atoms with Crippen LogP contribution in [0.15, 0.2) is 16.3 Å². The van der Waals surface area contributed by atoms with Gasteiger partial charge >= 0.3 is 6.09 Å². The molecule has 190 valence electrons. The third-order valence-electron chi connectivity index (χ3n) is 6.08. The van der Waals surface area contributed by atoms with Crippen molar-refractivity contribution in [1.29, 1.82) is 0 Å². The number of hydrogen-bond donors (Lipinski definition) is 2. The number of imide groups is 1. The number of rotatable bonds is 6. The molecular formula is C22H26ClN3O6S3. The van der Waals surface area contributed by atoms with E-state index >= 15 is 0 Å². The van der Waals surface area contributed by atoms with Crippen LogP contribution in [0.2, 0.25) is 4.34 Å². The minimum atomic E-state index is -3.89. The number of fused-ring (bicyclic) bond motifs is 1. The fourth-order valence-corrected chi connectivity index (χ4v) is 9.12. The lowest BCUT2D eigenvalue weighted by molar-refractivity contribution is -0.119. The third kappa shape index (κ3) is 5.41. The van der Waals surface area contributed by atoms with Crippen molar-refractivity contribution in [2.75, 3.05) is 18.5 Å². The summed E-state index contributed by atoms with van der Waals surface area (Å²) in [6.07, 6.45) is 2.33. The molecule has 1 fully saturated rings. The lowest BCUT2D eigenvalue weighted by atomic mass is 9.88. The van der Waals surface area contributed by atoms with Crippen molar-refractivity contribution in [3.05, 3.63) is 32.5 Å². The molecule has 3 amide bonds. The first kappa shape index (κ1) is 26.1. The first-order chi connectivity index (χ1) is 16.6. The Hall–Kier alpha value is -1.99. The number of nitrogens with one attached hydrogen (secondary N) is 2. The van der Waals surface area contributed by atoms with Crippen LogP contribution in [0.3, 0.4) is 0 Å². The van der Waals surface area contributed by atoms with Crippen LogP contribution in [0.5, 0.6) is 0 Å². The SMILES string of the molecule is CCOC(=O)NC(=O)c1c(NC(=O)C2CCCN2S(=O)(=O)c2ccc(Cl)s2)sc2c1CCC(C)C2. The number of anilines is 1. The van der Waals surface area contributed by atoms with E-state index in [2.05, 4.69) is 17.6 Å². The Morgan fingerprint density at radius 3 is 2.69 bits per heavy atom. The van der Waals surface area contributed by atoms with E-state index in [-0.39, 0.29) is 22.9 Å².